The molecule has 1 atom stereocenters. The lowest BCUT2D eigenvalue weighted by Gasteiger charge is -2.18. The molecule has 0 fully saturated rings. The van der Waals surface area contributed by atoms with E-state index in [9.17, 15) is 13.2 Å². The molecular weight excluding hydrogens is 406 g/mol. The van der Waals surface area contributed by atoms with Crippen LogP contribution < -0.4 is 0 Å². The van der Waals surface area contributed by atoms with E-state index in [1.807, 2.05) is 56.3 Å². The molecular formula is C26H23NO3S. The number of aldehydes is 1. The van der Waals surface area contributed by atoms with E-state index < -0.39 is 10.0 Å². The van der Waals surface area contributed by atoms with Crippen LogP contribution in [0.1, 0.15) is 44.1 Å². The maximum atomic E-state index is 13.2. The Hall–Kier alpha value is -3.44. The molecule has 1 aromatic heterocycles. The molecule has 3 aromatic carbocycles. The highest BCUT2D eigenvalue weighted by Crippen LogP contribution is 2.35. The minimum atomic E-state index is -3.70. The van der Waals surface area contributed by atoms with Gasteiger partial charge < -0.3 is 0 Å². The zero-order valence-corrected chi connectivity index (χ0v) is 18.2. The van der Waals surface area contributed by atoms with Crippen LogP contribution in [0, 0.1) is 13.8 Å². The van der Waals surface area contributed by atoms with Crippen LogP contribution >= 0.6 is 0 Å². The summed E-state index contributed by atoms with van der Waals surface area (Å²) >= 11 is 0. The van der Waals surface area contributed by atoms with Crippen molar-refractivity contribution in [2.75, 3.05) is 0 Å². The Morgan fingerprint density at radius 2 is 1.39 bits per heavy atom. The maximum absolute atomic E-state index is 13.2. The molecule has 4 nitrogen and oxygen atoms in total. The lowest BCUT2D eigenvalue weighted by molar-refractivity contribution is 0.112. The predicted molar refractivity (Wildman–Crippen MR) is 122 cm³/mol. The SMILES string of the molecule is Cc1ccc(S(=O)(=O)n2cc(C)c(C(c3ccccc3)c3ccc(C=O)cc3)c2)cc1. The average molecular weight is 430 g/mol. The van der Waals surface area contributed by atoms with Gasteiger partial charge in [0.15, 0.2) is 0 Å². The number of aryl methyl sites for hydroxylation is 2. The van der Waals surface area contributed by atoms with Crippen molar-refractivity contribution in [1.29, 1.82) is 0 Å². The van der Waals surface area contributed by atoms with E-state index in [1.54, 1.807) is 48.8 Å². The normalized spacial score (nSPS) is 12.5. The van der Waals surface area contributed by atoms with Gasteiger partial charge in [0, 0.05) is 23.9 Å². The fourth-order valence-corrected chi connectivity index (χ4v) is 5.05. The average Bonchev–Trinajstić information content (AvgIpc) is 3.17. The molecule has 0 saturated carbocycles. The summed E-state index contributed by atoms with van der Waals surface area (Å²) in [5, 5.41) is 0. The van der Waals surface area contributed by atoms with Gasteiger partial charge in [0.2, 0.25) is 0 Å². The highest BCUT2D eigenvalue weighted by atomic mass is 32.2. The smallest absolute Gasteiger partial charge is 0.267 e. The second kappa shape index (κ2) is 8.36. The summed E-state index contributed by atoms with van der Waals surface area (Å²) in [6, 6.07) is 24.2. The Morgan fingerprint density at radius 1 is 0.774 bits per heavy atom. The first-order chi connectivity index (χ1) is 14.9. The van der Waals surface area contributed by atoms with E-state index >= 15 is 0 Å². The second-order valence-electron chi connectivity index (χ2n) is 7.67. The summed E-state index contributed by atoms with van der Waals surface area (Å²) in [5.74, 6) is -0.156. The molecule has 1 heterocycles. The van der Waals surface area contributed by atoms with Gasteiger partial charge in [-0.1, -0.05) is 72.3 Å². The summed E-state index contributed by atoms with van der Waals surface area (Å²) in [4.78, 5) is 11.3. The lowest BCUT2D eigenvalue weighted by atomic mass is 9.85. The number of hydrogen-bond donors (Lipinski definition) is 0. The van der Waals surface area contributed by atoms with Crippen molar-refractivity contribution in [3.8, 4) is 0 Å². The van der Waals surface area contributed by atoms with Gasteiger partial charge in [-0.25, -0.2) is 12.4 Å². The van der Waals surface area contributed by atoms with Crippen molar-refractivity contribution in [2.45, 2.75) is 24.7 Å². The van der Waals surface area contributed by atoms with Gasteiger partial charge in [-0.2, -0.15) is 0 Å². The predicted octanol–water partition coefficient (Wildman–Crippen LogP) is 5.33. The van der Waals surface area contributed by atoms with E-state index in [-0.39, 0.29) is 10.8 Å². The topological polar surface area (TPSA) is 56.1 Å². The molecule has 0 bridgehead atoms. The Bertz CT molecular complexity index is 1300. The zero-order chi connectivity index (χ0) is 22.0. The summed E-state index contributed by atoms with van der Waals surface area (Å²) in [6.07, 6.45) is 4.19. The van der Waals surface area contributed by atoms with Crippen LogP contribution in [0.15, 0.2) is 96.2 Å². The van der Waals surface area contributed by atoms with E-state index in [4.69, 9.17) is 0 Å². The van der Waals surface area contributed by atoms with Gasteiger partial charge >= 0.3 is 0 Å². The molecule has 31 heavy (non-hydrogen) atoms. The van der Waals surface area contributed by atoms with Gasteiger partial charge in [-0.3, -0.25) is 4.79 Å². The van der Waals surface area contributed by atoms with Crippen molar-refractivity contribution >= 4 is 16.3 Å². The van der Waals surface area contributed by atoms with Crippen LogP contribution in [0.3, 0.4) is 0 Å². The van der Waals surface area contributed by atoms with E-state index in [0.717, 1.165) is 34.1 Å². The molecule has 0 saturated heterocycles. The molecule has 156 valence electrons. The van der Waals surface area contributed by atoms with Gasteiger partial charge in [-0.15, -0.1) is 0 Å². The van der Waals surface area contributed by atoms with Crippen molar-refractivity contribution in [3.05, 3.63) is 125 Å². The first-order valence-electron chi connectivity index (χ1n) is 10.0. The van der Waals surface area contributed by atoms with Crippen molar-refractivity contribution in [2.24, 2.45) is 0 Å². The third-order valence-corrected chi connectivity index (χ3v) is 7.12. The minimum Gasteiger partial charge on any atom is -0.298 e. The Labute approximate surface area is 182 Å². The molecule has 1 unspecified atom stereocenters. The standard InChI is InChI=1S/C26H23NO3S/c1-19-8-14-24(15-9-19)31(29,30)27-16-20(2)25(17-27)26(22-6-4-3-5-7-22)23-12-10-21(18-28)11-13-23/h3-18,26H,1-2H3. The summed E-state index contributed by atoms with van der Waals surface area (Å²) in [7, 11) is -3.70. The molecule has 0 aliphatic rings. The van der Waals surface area contributed by atoms with Crippen molar-refractivity contribution in [3.63, 3.8) is 0 Å². The zero-order valence-electron chi connectivity index (χ0n) is 17.4. The summed E-state index contributed by atoms with van der Waals surface area (Å²) < 4.78 is 27.7. The van der Waals surface area contributed by atoms with Crippen LogP contribution in [0.2, 0.25) is 0 Å². The first-order valence-corrected chi connectivity index (χ1v) is 11.4. The molecule has 0 N–H and O–H groups in total. The minimum absolute atomic E-state index is 0.156. The maximum Gasteiger partial charge on any atom is 0.267 e. The summed E-state index contributed by atoms with van der Waals surface area (Å²) in [6.45, 7) is 3.85. The second-order valence-corrected chi connectivity index (χ2v) is 9.52. The molecule has 0 radical (unpaired) electrons. The number of carbonyl (C=O) groups excluding carboxylic acids is 1. The number of benzene rings is 3. The van der Waals surface area contributed by atoms with Crippen LogP contribution in [-0.4, -0.2) is 18.7 Å². The third-order valence-electron chi connectivity index (χ3n) is 5.49. The number of rotatable bonds is 6. The van der Waals surface area contributed by atoms with Crippen LogP contribution in [0.5, 0.6) is 0 Å². The van der Waals surface area contributed by atoms with E-state index in [0.29, 0.717) is 5.56 Å². The fraction of sp³-hybridized carbons (Fsp3) is 0.115. The van der Waals surface area contributed by atoms with Crippen molar-refractivity contribution in [1.82, 2.24) is 3.97 Å². The molecule has 4 aromatic rings. The largest absolute Gasteiger partial charge is 0.298 e. The molecule has 0 spiro atoms. The van der Waals surface area contributed by atoms with Crippen LogP contribution in [-0.2, 0) is 10.0 Å². The number of aromatic nitrogens is 1. The quantitative estimate of drug-likeness (QED) is 0.389. The lowest BCUT2D eigenvalue weighted by Crippen LogP contribution is -2.11. The van der Waals surface area contributed by atoms with Gasteiger partial charge in [0.25, 0.3) is 10.0 Å². The van der Waals surface area contributed by atoms with Crippen LogP contribution in [0.4, 0.5) is 0 Å². The molecule has 0 aliphatic heterocycles. The van der Waals surface area contributed by atoms with E-state index in [1.165, 1.54) is 3.97 Å². The Kier molecular flexibility index (Phi) is 5.61. The summed E-state index contributed by atoms with van der Waals surface area (Å²) in [5.41, 5.74) is 5.43. The Balaban J connectivity index is 1.84. The Morgan fingerprint density at radius 3 is 2.00 bits per heavy atom. The third kappa shape index (κ3) is 4.09. The van der Waals surface area contributed by atoms with Crippen molar-refractivity contribution < 1.29 is 13.2 Å². The highest BCUT2D eigenvalue weighted by Gasteiger charge is 2.24. The number of carbonyl (C=O) groups is 1. The number of nitrogens with zero attached hydrogens (tertiary/aromatic N) is 1. The number of hydrogen-bond acceptors (Lipinski definition) is 3. The molecule has 0 aliphatic carbocycles. The van der Waals surface area contributed by atoms with Gasteiger partial charge in [0.1, 0.15) is 6.29 Å². The highest BCUT2D eigenvalue weighted by molar-refractivity contribution is 7.90. The first kappa shape index (κ1) is 20.8. The van der Waals surface area contributed by atoms with E-state index in [2.05, 4.69) is 0 Å². The van der Waals surface area contributed by atoms with Crippen LogP contribution in [0.25, 0.3) is 0 Å². The molecule has 4 rings (SSSR count). The van der Waals surface area contributed by atoms with Gasteiger partial charge in [0.05, 0.1) is 4.90 Å². The molecule has 0 amide bonds. The van der Waals surface area contributed by atoms with Gasteiger partial charge in [-0.05, 0) is 48.2 Å². The fourth-order valence-electron chi connectivity index (χ4n) is 3.78. The molecule has 5 heteroatoms. The monoisotopic (exact) mass is 429 g/mol.